The summed E-state index contributed by atoms with van der Waals surface area (Å²) in [5.74, 6) is 0. The van der Waals surface area contributed by atoms with Crippen LogP contribution in [0.5, 0.6) is 0 Å². The average Bonchev–Trinajstić information content (AvgIpc) is 3.76. The van der Waals surface area contributed by atoms with Gasteiger partial charge in [0.2, 0.25) is 0 Å². The summed E-state index contributed by atoms with van der Waals surface area (Å²) in [6, 6.07) is 60.6. The molecule has 0 bridgehead atoms. The van der Waals surface area contributed by atoms with Gasteiger partial charge in [-0.2, -0.15) is 5.10 Å². The molecular formula is C50H38N4. The Morgan fingerprint density at radius 3 is 1.96 bits per heavy atom. The fraction of sp³-hybridized carbons (Fsp3) is 0.0800. The quantitative estimate of drug-likeness (QED) is 0.188. The average molecular weight is 695 g/mol. The van der Waals surface area contributed by atoms with Crippen molar-refractivity contribution in [3.05, 3.63) is 210 Å². The van der Waals surface area contributed by atoms with Crippen molar-refractivity contribution < 1.29 is 0 Å². The summed E-state index contributed by atoms with van der Waals surface area (Å²) >= 11 is 0. The van der Waals surface area contributed by atoms with E-state index in [1.54, 1.807) is 0 Å². The van der Waals surface area contributed by atoms with Crippen LogP contribution < -0.4 is 5.32 Å². The lowest BCUT2D eigenvalue weighted by molar-refractivity contribution is 0.661. The SMILES string of the molecule is CC1(C)c2ccccc2-c2cc3c(cnn3-c3ccc(-c4cccc(C5=NC(c6ccccc6)NC(c6ccc(-c7ccccc7)cc6)=C5)c4)cc3)cc21. The van der Waals surface area contributed by atoms with Gasteiger partial charge in [0.1, 0.15) is 6.17 Å². The van der Waals surface area contributed by atoms with Gasteiger partial charge in [0.05, 0.1) is 23.1 Å². The number of benzene rings is 7. The first kappa shape index (κ1) is 31.9. The predicted octanol–water partition coefficient (Wildman–Crippen LogP) is 11.8. The molecule has 2 aliphatic rings. The number of nitrogens with zero attached hydrogens (tertiary/aromatic N) is 3. The molecule has 54 heavy (non-hydrogen) atoms. The van der Waals surface area contributed by atoms with Crippen molar-refractivity contribution in [2.45, 2.75) is 25.4 Å². The summed E-state index contributed by atoms with van der Waals surface area (Å²) in [5.41, 5.74) is 17.5. The first-order chi connectivity index (χ1) is 26.5. The van der Waals surface area contributed by atoms with Crippen LogP contribution in [0.2, 0.25) is 0 Å². The van der Waals surface area contributed by atoms with Crippen molar-refractivity contribution in [3.63, 3.8) is 0 Å². The number of aliphatic imine (C=N–C) groups is 1. The molecule has 0 spiro atoms. The Bertz CT molecular complexity index is 2740. The van der Waals surface area contributed by atoms with Crippen molar-refractivity contribution in [2.75, 3.05) is 0 Å². The molecule has 1 aliphatic heterocycles. The molecule has 1 atom stereocenters. The van der Waals surface area contributed by atoms with Crippen LogP contribution in [0.4, 0.5) is 0 Å². The van der Waals surface area contributed by atoms with Crippen molar-refractivity contribution in [2.24, 2.45) is 4.99 Å². The van der Waals surface area contributed by atoms with Crippen molar-refractivity contribution >= 4 is 22.3 Å². The molecular weight excluding hydrogens is 657 g/mol. The summed E-state index contributed by atoms with van der Waals surface area (Å²) in [7, 11) is 0. The van der Waals surface area contributed by atoms with E-state index in [1.165, 1.54) is 33.4 Å². The van der Waals surface area contributed by atoms with Crippen LogP contribution in [-0.2, 0) is 5.41 Å². The lowest BCUT2D eigenvalue weighted by Gasteiger charge is -2.25. The number of nitrogens with one attached hydrogen (secondary N) is 1. The molecule has 258 valence electrons. The molecule has 0 radical (unpaired) electrons. The van der Waals surface area contributed by atoms with Crippen LogP contribution in [0.1, 0.15) is 47.8 Å². The Morgan fingerprint density at radius 1 is 0.537 bits per heavy atom. The molecule has 1 aliphatic carbocycles. The van der Waals surface area contributed by atoms with Crippen molar-refractivity contribution in [1.82, 2.24) is 15.1 Å². The second-order valence-corrected chi connectivity index (χ2v) is 14.8. The normalized spacial score (nSPS) is 15.6. The molecule has 1 aromatic heterocycles. The van der Waals surface area contributed by atoms with Gasteiger partial charge >= 0.3 is 0 Å². The first-order valence-electron chi connectivity index (χ1n) is 18.6. The number of hydrogen-bond acceptors (Lipinski definition) is 3. The second kappa shape index (κ2) is 12.7. The summed E-state index contributed by atoms with van der Waals surface area (Å²) < 4.78 is 2.07. The fourth-order valence-electron chi connectivity index (χ4n) is 8.21. The zero-order valence-electron chi connectivity index (χ0n) is 30.2. The molecule has 1 N–H and O–H groups in total. The van der Waals surface area contributed by atoms with E-state index >= 15 is 0 Å². The van der Waals surface area contributed by atoms with Crippen LogP contribution in [-0.4, -0.2) is 15.5 Å². The Kier molecular flexibility index (Phi) is 7.51. The number of hydrogen-bond donors (Lipinski definition) is 1. The molecule has 8 aromatic rings. The van der Waals surface area contributed by atoms with Gasteiger partial charge in [-0.1, -0.05) is 153 Å². The van der Waals surface area contributed by atoms with Gasteiger partial charge in [-0.3, -0.25) is 4.99 Å². The Balaban J connectivity index is 0.973. The van der Waals surface area contributed by atoms with E-state index in [4.69, 9.17) is 10.1 Å². The highest BCUT2D eigenvalue weighted by Gasteiger charge is 2.35. The molecule has 4 heteroatoms. The Labute approximate surface area is 315 Å². The highest BCUT2D eigenvalue weighted by molar-refractivity contribution is 6.13. The second-order valence-electron chi connectivity index (χ2n) is 14.8. The Morgan fingerprint density at radius 2 is 1.17 bits per heavy atom. The van der Waals surface area contributed by atoms with E-state index in [1.807, 2.05) is 12.3 Å². The Hall–Kier alpha value is -6.78. The minimum atomic E-state index is -0.206. The van der Waals surface area contributed by atoms with E-state index in [2.05, 4.69) is 194 Å². The van der Waals surface area contributed by atoms with E-state index in [-0.39, 0.29) is 11.6 Å². The molecule has 10 rings (SSSR count). The number of rotatable bonds is 6. The van der Waals surface area contributed by atoms with Crippen molar-refractivity contribution in [3.8, 4) is 39.1 Å². The zero-order valence-corrected chi connectivity index (χ0v) is 30.2. The third-order valence-electron chi connectivity index (χ3n) is 11.1. The maximum atomic E-state index is 5.24. The van der Waals surface area contributed by atoms with Gasteiger partial charge in [0.15, 0.2) is 0 Å². The molecule has 0 saturated heterocycles. The minimum Gasteiger partial charge on any atom is -0.360 e. The van der Waals surface area contributed by atoms with E-state index in [0.717, 1.165) is 55.8 Å². The third-order valence-corrected chi connectivity index (χ3v) is 11.1. The molecule has 4 nitrogen and oxygen atoms in total. The fourth-order valence-corrected chi connectivity index (χ4v) is 8.21. The molecule has 0 fully saturated rings. The maximum Gasteiger partial charge on any atom is 0.145 e. The van der Waals surface area contributed by atoms with E-state index in [9.17, 15) is 0 Å². The molecule has 7 aromatic carbocycles. The van der Waals surface area contributed by atoms with Crippen LogP contribution in [0, 0.1) is 0 Å². The monoisotopic (exact) mass is 694 g/mol. The summed E-state index contributed by atoms with van der Waals surface area (Å²) in [4.78, 5) is 5.24. The lowest BCUT2D eigenvalue weighted by atomic mass is 9.82. The highest BCUT2D eigenvalue weighted by atomic mass is 15.3. The van der Waals surface area contributed by atoms with Gasteiger partial charge in [-0.05, 0) is 92.0 Å². The number of aromatic nitrogens is 2. The van der Waals surface area contributed by atoms with Gasteiger partial charge in [0, 0.05) is 22.1 Å². The standard InChI is InChI=1S/C50H38N4/c1-50(2)44-19-10-9-18-42(44)43-30-48-40(29-45(43)50)32-51-54(48)41-26-24-35(25-27-41)38-16-11-17-39(28-38)47-31-46(52-49(53-47)37-14-7-4-8-15-37)36-22-20-34(21-23-36)33-12-5-3-6-13-33/h3-32,49,52H,1-2H3. The van der Waals surface area contributed by atoms with Gasteiger partial charge < -0.3 is 5.32 Å². The van der Waals surface area contributed by atoms with Crippen LogP contribution in [0.3, 0.4) is 0 Å². The molecule has 2 heterocycles. The maximum absolute atomic E-state index is 5.24. The molecule has 0 saturated carbocycles. The van der Waals surface area contributed by atoms with E-state index in [0.29, 0.717) is 0 Å². The minimum absolute atomic E-state index is 0.0357. The van der Waals surface area contributed by atoms with Gasteiger partial charge in [-0.15, -0.1) is 0 Å². The third kappa shape index (κ3) is 5.46. The first-order valence-corrected chi connectivity index (χ1v) is 18.6. The predicted molar refractivity (Wildman–Crippen MR) is 223 cm³/mol. The summed E-state index contributed by atoms with van der Waals surface area (Å²) in [6.45, 7) is 4.64. The van der Waals surface area contributed by atoms with Gasteiger partial charge in [0.25, 0.3) is 0 Å². The van der Waals surface area contributed by atoms with Crippen LogP contribution >= 0.6 is 0 Å². The van der Waals surface area contributed by atoms with Gasteiger partial charge in [-0.25, -0.2) is 4.68 Å². The topological polar surface area (TPSA) is 42.2 Å². The lowest BCUT2D eigenvalue weighted by Crippen LogP contribution is -2.24. The highest BCUT2D eigenvalue weighted by Crippen LogP contribution is 2.49. The number of fused-ring (bicyclic) bond motifs is 4. The molecule has 0 amide bonds. The largest absolute Gasteiger partial charge is 0.360 e. The summed E-state index contributed by atoms with van der Waals surface area (Å²) in [6.07, 6.45) is 3.97. The zero-order chi connectivity index (χ0) is 36.2. The smallest absolute Gasteiger partial charge is 0.145 e. The van der Waals surface area contributed by atoms with Crippen molar-refractivity contribution in [1.29, 1.82) is 0 Å². The summed E-state index contributed by atoms with van der Waals surface area (Å²) in [5, 5.41) is 9.73. The molecule has 1 unspecified atom stereocenters. The van der Waals surface area contributed by atoms with Crippen LogP contribution in [0.25, 0.3) is 55.7 Å². The van der Waals surface area contributed by atoms with E-state index < -0.39 is 0 Å². The van der Waals surface area contributed by atoms with Crippen LogP contribution in [0.15, 0.2) is 187 Å². The number of allylic oxidation sites excluding steroid dienone is 1.